The minimum Gasteiger partial charge on any atom is -0.356 e. The Morgan fingerprint density at radius 2 is 1.96 bits per heavy atom. The van der Waals surface area contributed by atoms with E-state index in [2.05, 4.69) is 15.6 Å². The largest absolute Gasteiger partial charge is 0.356 e. The maximum absolute atomic E-state index is 12.5. The Morgan fingerprint density at radius 3 is 2.56 bits per heavy atom. The lowest BCUT2D eigenvalue weighted by atomic mass is 10.2. The molecule has 0 unspecified atom stereocenters. The first-order valence-electron chi connectivity index (χ1n) is 9.07. The fraction of sp³-hybridized carbons (Fsp3) is 0.706. The highest BCUT2D eigenvalue weighted by Gasteiger charge is 2.23. The zero-order valence-electron chi connectivity index (χ0n) is 15.4. The first kappa shape index (κ1) is 20.2. The second kappa shape index (κ2) is 9.54. The summed E-state index contributed by atoms with van der Waals surface area (Å²) >= 11 is 1.36. The standard InChI is InChI=1S/C17H30N4O2S2/c1-4-21(5-2)25(22,23)16-11-10-15(24-16)12-13-19-17(18-3)20-14-8-6-7-9-14/h10-11,14H,4-9,12-13H2,1-3H3,(H2,18,19,20). The van der Waals surface area contributed by atoms with Gasteiger partial charge in [0.05, 0.1) is 0 Å². The number of nitrogens with one attached hydrogen (secondary N) is 2. The number of sulfonamides is 1. The molecule has 0 spiro atoms. The van der Waals surface area contributed by atoms with E-state index >= 15 is 0 Å². The van der Waals surface area contributed by atoms with Crippen LogP contribution >= 0.6 is 11.3 Å². The van der Waals surface area contributed by atoms with E-state index in [0.29, 0.717) is 23.3 Å². The van der Waals surface area contributed by atoms with Crippen LogP contribution in [-0.4, -0.2) is 51.4 Å². The first-order valence-corrected chi connectivity index (χ1v) is 11.3. The molecule has 25 heavy (non-hydrogen) atoms. The zero-order valence-corrected chi connectivity index (χ0v) is 17.0. The molecule has 1 heterocycles. The molecule has 1 saturated carbocycles. The predicted octanol–water partition coefficient (Wildman–Crippen LogP) is 2.43. The van der Waals surface area contributed by atoms with E-state index in [4.69, 9.17) is 0 Å². The van der Waals surface area contributed by atoms with Gasteiger partial charge in [0.15, 0.2) is 5.96 Å². The highest BCUT2D eigenvalue weighted by atomic mass is 32.2. The Hall–Kier alpha value is -1.12. The summed E-state index contributed by atoms with van der Waals surface area (Å²) in [5, 5.41) is 6.77. The molecule has 1 fully saturated rings. The number of aliphatic imine (C=N–C) groups is 1. The number of hydrogen-bond donors (Lipinski definition) is 2. The summed E-state index contributed by atoms with van der Waals surface area (Å²) in [6.07, 6.45) is 5.77. The Morgan fingerprint density at radius 1 is 1.28 bits per heavy atom. The number of nitrogens with zero attached hydrogens (tertiary/aromatic N) is 2. The molecule has 0 aromatic carbocycles. The van der Waals surface area contributed by atoms with Crippen LogP contribution in [0, 0.1) is 0 Å². The van der Waals surface area contributed by atoms with Gasteiger partial charge in [-0.05, 0) is 31.4 Å². The summed E-state index contributed by atoms with van der Waals surface area (Å²) in [6, 6.07) is 4.16. The van der Waals surface area contributed by atoms with Gasteiger partial charge in [-0.3, -0.25) is 4.99 Å². The van der Waals surface area contributed by atoms with Crippen LogP contribution in [0.5, 0.6) is 0 Å². The van der Waals surface area contributed by atoms with Gasteiger partial charge in [-0.15, -0.1) is 11.3 Å². The van der Waals surface area contributed by atoms with Crippen LogP contribution in [-0.2, 0) is 16.4 Å². The molecule has 142 valence electrons. The highest BCUT2D eigenvalue weighted by molar-refractivity contribution is 7.91. The van der Waals surface area contributed by atoms with Gasteiger partial charge in [-0.1, -0.05) is 26.7 Å². The molecule has 0 atom stereocenters. The average Bonchev–Trinajstić information content (AvgIpc) is 3.26. The SMILES string of the molecule is CCN(CC)S(=O)(=O)c1ccc(CCNC(=NC)NC2CCCC2)s1. The monoisotopic (exact) mass is 386 g/mol. The quantitative estimate of drug-likeness (QED) is 0.532. The van der Waals surface area contributed by atoms with Crippen LogP contribution in [0.3, 0.4) is 0 Å². The smallest absolute Gasteiger partial charge is 0.252 e. The third-order valence-corrected chi connectivity index (χ3v) is 8.18. The van der Waals surface area contributed by atoms with Crippen LogP contribution in [0.2, 0.25) is 0 Å². The normalized spacial score (nSPS) is 16.6. The molecule has 1 aromatic heterocycles. The molecular weight excluding hydrogens is 356 g/mol. The molecule has 6 nitrogen and oxygen atoms in total. The van der Waals surface area contributed by atoms with Crippen molar-refractivity contribution < 1.29 is 8.42 Å². The summed E-state index contributed by atoms with van der Waals surface area (Å²) in [7, 11) is -1.56. The minimum absolute atomic E-state index is 0.430. The Kier molecular flexibility index (Phi) is 7.71. The molecule has 0 saturated heterocycles. The van der Waals surface area contributed by atoms with Gasteiger partial charge < -0.3 is 10.6 Å². The number of hydrogen-bond acceptors (Lipinski definition) is 4. The Bertz CT molecular complexity index is 660. The van der Waals surface area contributed by atoms with Gasteiger partial charge in [0, 0.05) is 37.6 Å². The molecule has 1 aliphatic carbocycles. The lowest BCUT2D eigenvalue weighted by Gasteiger charge is -2.17. The molecule has 0 aliphatic heterocycles. The molecule has 0 amide bonds. The van der Waals surface area contributed by atoms with E-state index in [1.165, 1.54) is 41.3 Å². The Balaban J connectivity index is 1.86. The van der Waals surface area contributed by atoms with Crippen molar-refractivity contribution in [2.45, 2.75) is 56.2 Å². The third kappa shape index (κ3) is 5.43. The predicted molar refractivity (Wildman–Crippen MR) is 105 cm³/mol. The Labute approximate surface area is 155 Å². The summed E-state index contributed by atoms with van der Waals surface area (Å²) in [4.78, 5) is 5.33. The van der Waals surface area contributed by atoms with Crippen LogP contribution < -0.4 is 10.6 Å². The maximum atomic E-state index is 12.5. The van der Waals surface area contributed by atoms with E-state index in [0.717, 1.165) is 23.8 Å². The zero-order chi connectivity index (χ0) is 18.3. The second-order valence-electron chi connectivity index (χ2n) is 6.18. The molecule has 2 rings (SSSR count). The first-order chi connectivity index (χ1) is 12.0. The summed E-state index contributed by atoms with van der Waals surface area (Å²) in [5.41, 5.74) is 0. The highest BCUT2D eigenvalue weighted by Crippen LogP contribution is 2.25. The fourth-order valence-corrected chi connectivity index (χ4v) is 6.05. The fourth-order valence-electron chi connectivity index (χ4n) is 3.08. The summed E-state index contributed by atoms with van der Waals surface area (Å²) in [6.45, 7) is 5.45. The lowest BCUT2D eigenvalue weighted by molar-refractivity contribution is 0.447. The lowest BCUT2D eigenvalue weighted by Crippen LogP contribution is -2.42. The maximum Gasteiger partial charge on any atom is 0.252 e. The van der Waals surface area contributed by atoms with Gasteiger partial charge in [0.25, 0.3) is 10.0 Å². The topological polar surface area (TPSA) is 73.8 Å². The van der Waals surface area contributed by atoms with Crippen molar-refractivity contribution in [3.63, 3.8) is 0 Å². The van der Waals surface area contributed by atoms with E-state index in [9.17, 15) is 8.42 Å². The van der Waals surface area contributed by atoms with E-state index in [-0.39, 0.29) is 0 Å². The molecular formula is C17H30N4O2S2. The molecule has 0 bridgehead atoms. The van der Waals surface area contributed by atoms with E-state index in [1.807, 2.05) is 19.9 Å². The van der Waals surface area contributed by atoms with Gasteiger partial charge in [-0.25, -0.2) is 8.42 Å². The number of guanidine groups is 1. The van der Waals surface area contributed by atoms with E-state index in [1.54, 1.807) is 13.1 Å². The third-order valence-electron chi connectivity index (χ3n) is 4.52. The van der Waals surface area contributed by atoms with Crippen molar-refractivity contribution in [2.24, 2.45) is 4.99 Å². The summed E-state index contributed by atoms with van der Waals surface area (Å²) in [5.74, 6) is 0.833. The molecule has 1 aromatic rings. The van der Waals surface area contributed by atoms with Crippen molar-refractivity contribution >= 4 is 27.3 Å². The number of rotatable bonds is 8. The van der Waals surface area contributed by atoms with Crippen LogP contribution in [0.4, 0.5) is 0 Å². The van der Waals surface area contributed by atoms with Gasteiger partial charge in [0.1, 0.15) is 4.21 Å². The van der Waals surface area contributed by atoms with Crippen molar-refractivity contribution in [1.29, 1.82) is 0 Å². The van der Waals surface area contributed by atoms with Gasteiger partial charge in [-0.2, -0.15) is 4.31 Å². The second-order valence-corrected chi connectivity index (χ2v) is 9.52. The van der Waals surface area contributed by atoms with Crippen molar-refractivity contribution in [1.82, 2.24) is 14.9 Å². The molecule has 2 N–H and O–H groups in total. The molecule has 8 heteroatoms. The molecule has 0 radical (unpaired) electrons. The van der Waals surface area contributed by atoms with Crippen LogP contribution in [0.15, 0.2) is 21.3 Å². The van der Waals surface area contributed by atoms with Crippen molar-refractivity contribution in [2.75, 3.05) is 26.7 Å². The van der Waals surface area contributed by atoms with Crippen LogP contribution in [0.25, 0.3) is 0 Å². The van der Waals surface area contributed by atoms with E-state index < -0.39 is 10.0 Å². The van der Waals surface area contributed by atoms with Gasteiger partial charge >= 0.3 is 0 Å². The van der Waals surface area contributed by atoms with Gasteiger partial charge in [0.2, 0.25) is 0 Å². The minimum atomic E-state index is -3.35. The van der Waals surface area contributed by atoms with Crippen molar-refractivity contribution in [3.05, 3.63) is 17.0 Å². The van der Waals surface area contributed by atoms with Crippen LogP contribution in [0.1, 0.15) is 44.4 Å². The van der Waals surface area contributed by atoms with Crippen molar-refractivity contribution in [3.8, 4) is 0 Å². The average molecular weight is 387 g/mol. The number of thiophene rings is 1. The summed E-state index contributed by atoms with van der Waals surface area (Å²) < 4.78 is 27.0. The molecule has 1 aliphatic rings.